The van der Waals surface area contributed by atoms with E-state index in [2.05, 4.69) is 5.32 Å². The second kappa shape index (κ2) is 7.78. The molecule has 0 saturated heterocycles. The summed E-state index contributed by atoms with van der Waals surface area (Å²) < 4.78 is 0. The highest BCUT2D eigenvalue weighted by molar-refractivity contribution is 5.79. The number of rotatable bonds is 4. The van der Waals surface area contributed by atoms with Gasteiger partial charge in [0.2, 0.25) is 5.91 Å². The smallest absolute Gasteiger partial charge is 0.306 e. The van der Waals surface area contributed by atoms with Gasteiger partial charge in [0.25, 0.3) is 0 Å². The van der Waals surface area contributed by atoms with Gasteiger partial charge in [0.15, 0.2) is 0 Å². The minimum absolute atomic E-state index is 0.0270. The Morgan fingerprint density at radius 1 is 0.952 bits per heavy atom. The van der Waals surface area contributed by atoms with Crippen molar-refractivity contribution in [1.29, 1.82) is 0 Å². The van der Waals surface area contributed by atoms with Crippen LogP contribution in [0.15, 0.2) is 0 Å². The van der Waals surface area contributed by atoms with Crippen LogP contribution in [-0.2, 0) is 9.59 Å². The second-order valence-corrected chi connectivity index (χ2v) is 6.64. The molecule has 2 rings (SSSR count). The molecule has 5 heteroatoms. The van der Waals surface area contributed by atoms with Gasteiger partial charge in [-0.2, -0.15) is 0 Å². The standard InChI is InChI=1S/C16H28N2O3/c17-14-9-3-1-2-8-13(14)15(19)18-10-11-6-4-5-7-12(11)16(20)21/h11-14H,1-10,17H2,(H,18,19)(H,20,21). The Morgan fingerprint density at radius 3 is 2.33 bits per heavy atom. The monoisotopic (exact) mass is 296 g/mol. The summed E-state index contributed by atoms with van der Waals surface area (Å²) in [4.78, 5) is 23.6. The molecule has 5 nitrogen and oxygen atoms in total. The van der Waals surface area contributed by atoms with E-state index in [1.165, 1.54) is 0 Å². The van der Waals surface area contributed by atoms with E-state index in [-0.39, 0.29) is 29.7 Å². The number of nitrogens with one attached hydrogen (secondary N) is 1. The van der Waals surface area contributed by atoms with Crippen molar-refractivity contribution < 1.29 is 14.7 Å². The molecule has 4 atom stereocenters. The van der Waals surface area contributed by atoms with E-state index in [0.29, 0.717) is 6.54 Å². The lowest BCUT2D eigenvalue weighted by Gasteiger charge is -2.29. The van der Waals surface area contributed by atoms with Crippen LogP contribution >= 0.6 is 0 Å². The van der Waals surface area contributed by atoms with Crippen LogP contribution in [0, 0.1) is 17.8 Å². The van der Waals surface area contributed by atoms with Crippen LogP contribution in [0.1, 0.15) is 57.8 Å². The summed E-state index contributed by atoms with van der Waals surface area (Å²) in [5.74, 6) is -1.03. The fraction of sp³-hybridized carbons (Fsp3) is 0.875. The van der Waals surface area contributed by atoms with Gasteiger partial charge in [-0.25, -0.2) is 0 Å². The zero-order valence-corrected chi connectivity index (χ0v) is 12.7. The summed E-state index contributed by atoms with van der Waals surface area (Å²) in [6.07, 6.45) is 8.77. The maximum absolute atomic E-state index is 12.3. The number of amides is 1. The Morgan fingerprint density at radius 2 is 1.57 bits per heavy atom. The molecule has 0 heterocycles. The van der Waals surface area contributed by atoms with E-state index in [1.54, 1.807) is 0 Å². The molecule has 0 spiro atoms. The van der Waals surface area contributed by atoms with Gasteiger partial charge in [0.05, 0.1) is 11.8 Å². The van der Waals surface area contributed by atoms with E-state index >= 15 is 0 Å². The minimum Gasteiger partial charge on any atom is -0.481 e. The van der Waals surface area contributed by atoms with E-state index in [1.807, 2.05) is 0 Å². The Kier molecular flexibility index (Phi) is 6.03. The number of aliphatic carboxylic acids is 1. The average molecular weight is 296 g/mol. The molecule has 0 aliphatic heterocycles. The maximum atomic E-state index is 12.3. The third-order valence-corrected chi connectivity index (χ3v) is 5.17. The number of carbonyl (C=O) groups is 2. The fourth-order valence-corrected chi connectivity index (χ4v) is 3.80. The van der Waals surface area contributed by atoms with E-state index in [9.17, 15) is 14.7 Å². The van der Waals surface area contributed by atoms with Gasteiger partial charge in [-0.3, -0.25) is 9.59 Å². The summed E-state index contributed by atoms with van der Waals surface area (Å²) >= 11 is 0. The molecule has 2 saturated carbocycles. The van der Waals surface area contributed by atoms with Crippen LogP contribution in [-0.4, -0.2) is 29.6 Å². The lowest BCUT2D eigenvalue weighted by molar-refractivity contribution is -0.145. The zero-order chi connectivity index (χ0) is 15.2. The molecular formula is C16H28N2O3. The quantitative estimate of drug-likeness (QED) is 0.691. The second-order valence-electron chi connectivity index (χ2n) is 6.64. The van der Waals surface area contributed by atoms with Crippen LogP contribution in [0.2, 0.25) is 0 Å². The van der Waals surface area contributed by atoms with Crippen molar-refractivity contribution in [2.45, 2.75) is 63.8 Å². The highest BCUT2D eigenvalue weighted by Gasteiger charge is 2.32. The van der Waals surface area contributed by atoms with E-state index in [0.717, 1.165) is 57.8 Å². The fourth-order valence-electron chi connectivity index (χ4n) is 3.80. The lowest BCUT2D eigenvalue weighted by atomic mass is 9.79. The maximum Gasteiger partial charge on any atom is 0.306 e. The molecule has 2 aliphatic rings. The van der Waals surface area contributed by atoms with E-state index in [4.69, 9.17) is 5.73 Å². The van der Waals surface area contributed by atoms with Crippen LogP contribution in [0.25, 0.3) is 0 Å². The van der Waals surface area contributed by atoms with Crippen LogP contribution in [0.5, 0.6) is 0 Å². The Labute approximate surface area is 126 Å². The van der Waals surface area contributed by atoms with Gasteiger partial charge in [0.1, 0.15) is 0 Å². The molecule has 4 unspecified atom stereocenters. The number of carboxylic acid groups (broad SMARTS) is 1. The molecule has 1 amide bonds. The molecule has 2 fully saturated rings. The average Bonchev–Trinajstić information content (AvgIpc) is 2.69. The van der Waals surface area contributed by atoms with Gasteiger partial charge >= 0.3 is 5.97 Å². The molecule has 2 aliphatic carbocycles. The SMILES string of the molecule is NC1CCCCCC1C(=O)NCC1CCCCC1C(=O)O. The van der Waals surface area contributed by atoms with Gasteiger partial charge in [-0.1, -0.05) is 32.1 Å². The van der Waals surface area contributed by atoms with Crippen molar-refractivity contribution in [2.24, 2.45) is 23.5 Å². The zero-order valence-electron chi connectivity index (χ0n) is 12.7. The van der Waals surface area contributed by atoms with Crippen molar-refractivity contribution in [1.82, 2.24) is 5.32 Å². The van der Waals surface area contributed by atoms with Gasteiger partial charge < -0.3 is 16.2 Å². The topological polar surface area (TPSA) is 92.4 Å². The normalized spacial score (nSPS) is 34.0. The van der Waals surface area contributed by atoms with Crippen molar-refractivity contribution in [3.63, 3.8) is 0 Å². The Hall–Kier alpha value is -1.10. The lowest BCUT2D eigenvalue weighted by Crippen LogP contribution is -2.44. The highest BCUT2D eigenvalue weighted by atomic mass is 16.4. The number of hydrogen-bond acceptors (Lipinski definition) is 3. The molecule has 0 aromatic rings. The Bertz CT molecular complexity index is 373. The first-order chi connectivity index (χ1) is 10.1. The molecular weight excluding hydrogens is 268 g/mol. The van der Waals surface area contributed by atoms with Gasteiger partial charge in [-0.05, 0) is 31.6 Å². The molecule has 21 heavy (non-hydrogen) atoms. The van der Waals surface area contributed by atoms with Gasteiger partial charge in [-0.15, -0.1) is 0 Å². The number of carbonyl (C=O) groups excluding carboxylic acids is 1. The third kappa shape index (κ3) is 4.43. The number of nitrogens with two attached hydrogens (primary N) is 1. The third-order valence-electron chi connectivity index (χ3n) is 5.17. The van der Waals surface area contributed by atoms with Crippen LogP contribution in [0.4, 0.5) is 0 Å². The number of carboxylic acids is 1. The molecule has 0 bridgehead atoms. The van der Waals surface area contributed by atoms with E-state index < -0.39 is 5.97 Å². The molecule has 0 aromatic heterocycles. The molecule has 0 aromatic carbocycles. The first-order valence-electron chi connectivity index (χ1n) is 8.35. The summed E-state index contributed by atoms with van der Waals surface area (Å²) in [6, 6.07) is -0.0471. The molecule has 0 radical (unpaired) electrons. The Balaban J connectivity index is 1.85. The van der Waals surface area contributed by atoms with Crippen molar-refractivity contribution in [2.75, 3.05) is 6.54 Å². The van der Waals surface area contributed by atoms with Crippen molar-refractivity contribution in [3.8, 4) is 0 Å². The first-order valence-corrected chi connectivity index (χ1v) is 8.35. The first kappa shape index (κ1) is 16.3. The summed E-state index contributed by atoms with van der Waals surface area (Å²) in [5, 5.41) is 12.3. The predicted molar refractivity (Wildman–Crippen MR) is 80.6 cm³/mol. The summed E-state index contributed by atoms with van der Waals surface area (Å²) in [7, 11) is 0. The van der Waals surface area contributed by atoms with Crippen LogP contribution < -0.4 is 11.1 Å². The largest absolute Gasteiger partial charge is 0.481 e. The summed E-state index contributed by atoms with van der Waals surface area (Å²) in [6.45, 7) is 0.485. The van der Waals surface area contributed by atoms with Crippen molar-refractivity contribution >= 4 is 11.9 Å². The van der Waals surface area contributed by atoms with Gasteiger partial charge in [0, 0.05) is 12.6 Å². The molecule has 120 valence electrons. The van der Waals surface area contributed by atoms with Crippen molar-refractivity contribution in [3.05, 3.63) is 0 Å². The summed E-state index contributed by atoms with van der Waals surface area (Å²) in [5.41, 5.74) is 6.11. The number of hydrogen-bond donors (Lipinski definition) is 3. The van der Waals surface area contributed by atoms with Crippen LogP contribution in [0.3, 0.4) is 0 Å². The minimum atomic E-state index is -0.722. The predicted octanol–water partition coefficient (Wildman–Crippen LogP) is 1.90. The highest BCUT2D eigenvalue weighted by Crippen LogP contribution is 2.30. The molecule has 4 N–H and O–H groups in total.